The van der Waals surface area contributed by atoms with Crippen LogP contribution in [0.25, 0.3) is 0 Å². The summed E-state index contributed by atoms with van der Waals surface area (Å²) in [6.07, 6.45) is 0.998. The lowest BCUT2D eigenvalue weighted by atomic mass is 10.2. The summed E-state index contributed by atoms with van der Waals surface area (Å²) in [5, 5.41) is 2.82. The third-order valence-electron chi connectivity index (χ3n) is 2.97. The maximum atomic E-state index is 12.2. The van der Waals surface area contributed by atoms with Crippen molar-refractivity contribution in [2.24, 2.45) is 0 Å². The Morgan fingerprint density at radius 1 is 1.18 bits per heavy atom. The van der Waals surface area contributed by atoms with Gasteiger partial charge in [-0.05, 0) is 32.4 Å². The van der Waals surface area contributed by atoms with E-state index < -0.39 is 15.1 Å². The normalized spacial score (nSPS) is 15.5. The van der Waals surface area contributed by atoms with Gasteiger partial charge in [0.25, 0.3) is 0 Å². The predicted octanol–water partition coefficient (Wildman–Crippen LogP) is 2.24. The average Bonchev–Trinajstić information content (AvgIpc) is 2.36. The van der Waals surface area contributed by atoms with Crippen LogP contribution in [-0.2, 0) is 9.84 Å². The maximum Gasteiger partial charge on any atom is 0.182 e. The second kappa shape index (κ2) is 6.17. The highest BCUT2D eigenvalue weighted by atomic mass is 32.2. The summed E-state index contributed by atoms with van der Waals surface area (Å²) in [5.41, 5.74) is 0. The molecule has 0 radical (unpaired) electrons. The van der Waals surface area contributed by atoms with E-state index in [0.29, 0.717) is 17.5 Å². The number of nitrogens with one attached hydrogen (secondary N) is 1. The van der Waals surface area contributed by atoms with Crippen molar-refractivity contribution >= 4 is 9.84 Å². The molecule has 1 rings (SSSR count). The SMILES string of the molecule is CCC(C)NCC(C)S(=O)(=O)c1ccccc1. The molecular formula is C13H21NO2S. The van der Waals surface area contributed by atoms with Crippen LogP contribution in [0.3, 0.4) is 0 Å². The third kappa shape index (κ3) is 3.82. The van der Waals surface area contributed by atoms with Crippen molar-refractivity contribution in [3.8, 4) is 0 Å². The van der Waals surface area contributed by atoms with Crippen LogP contribution in [-0.4, -0.2) is 26.3 Å². The van der Waals surface area contributed by atoms with E-state index in [1.165, 1.54) is 0 Å². The Morgan fingerprint density at radius 2 is 1.76 bits per heavy atom. The molecule has 0 aliphatic heterocycles. The van der Waals surface area contributed by atoms with Crippen molar-refractivity contribution in [2.45, 2.75) is 43.4 Å². The summed E-state index contributed by atoms with van der Waals surface area (Å²) >= 11 is 0. The second-order valence-corrected chi connectivity index (χ2v) is 6.75. The molecule has 4 heteroatoms. The third-order valence-corrected chi connectivity index (χ3v) is 5.12. The van der Waals surface area contributed by atoms with E-state index in [9.17, 15) is 8.42 Å². The van der Waals surface area contributed by atoms with Crippen LogP contribution in [0, 0.1) is 0 Å². The van der Waals surface area contributed by atoms with Gasteiger partial charge < -0.3 is 5.32 Å². The van der Waals surface area contributed by atoms with Gasteiger partial charge in [0.1, 0.15) is 0 Å². The molecule has 2 unspecified atom stereocenters. The van der Waals surface area contributed by atoms with Crippen LogP contribution in [0.2, 0.25) is 0 Å². The van der Waals surface area contributed by atoms with Crippen LogP contribution in [0.4, 0.5) is 0 Å². The van der Waals surface area contributed by atoms with E-state index >= 15 is 0 Å². The molecule has 0 spiro atoms. The molecule has 0 saturated carbocycles. The van der Waals surface area contributed by atoms with Crippen LogP contribution in [0.1, 0.15) is 27.2 Å². The first-order valence-corrected chi connectivity index (χ1v) is 7.55. The van der Waals surface area contributed by atoms with E-state index in [1.807, 2.05) is 6.07 Å². The van der Waals surface area contributed by atoms with E-state index in [-0.39, 0.29) is 0 Å². The van der Waals surface area contributed by atoms with Crippen molar-refractivity contribution < 1.29 is 8.42 Å². The zero-order valence-electron chi connectivity index (χ0n) is 10.7. The second-order valence-electron chi connectivity index (χ2n) is 4.39. The maximum absolute atomic E-state index is 12.2. The summed E-state index contributed by atoms with van der Waals surface area (Å²) in [4.78, 5) is 0.401. The quantitative estimate of drug-likeness (QED) is 0.848. The Balaban J connectivity index is 2.71. The van der Waals surface area contributed by atoms with Gasteiger partial charge in [-0.3, -0.25) is 0 Å². The Kier molecular flexibility index (Phi) is 5.15. The first kappa shape index (κ1) is 14.2. The molecular weight excluding hydrogens is 234 g/mol. The lowest BCUT2D eigenvalue weighted by Gasteiger charge is -2.17. The van der Waals surface area contributed by atoms with Crippen molar-refractivity contribution in [3.05, 3.63) is 30.3 Å². The standard InChI is InChI=1S/C13H21NO2S/c1-4-11(2)14-10-12(3)17(15,16)13-8-6-5-7-9-13/h5-9,11-12,14H,4,10H2,1-3H3. The van der Waals surface area contributed by atoms with Crippen molar-refractivity contribution in [3.63, 3.8) is 0 Å². The topological polar surface area (TPSA) is 46.2 Å². The molecule has 0 aliphatic carbocycles. The van der Waals surface area contributed by atoms with Crippen molar-refractivity contribution in [1.29, 1.82) is 0 Å². The molecule has 0 aliphatic rings. The fourth-order valence-corrected chi connectivity index (χ4v) is 2.78. The minimum absolute atomic E-state index is 0.350. The molecule has 96 valence electrons. The van der Waals surface area contributed by atoms with Crippen LogP contribution < -0.4 is 5.32 Å². The highest BCUT2D eigenvalue weighted by Crippen LogP contribution is 2.15. The molecule has 0 amide bonds. The first-order valence-electron chi connectivity index (χ1n) is 6.00. The number of sulfone groups is 1. The minimum atomic E-state index is -3.21. The molecule has 3 nitrogen and oxygen atoms in total. The Hall–Kier alpha value is -0.870. The Morgan fingerprint density at radius 3 is 2.29 bits per heavy atom. The van der Waals surface area contributed by atoms with Crippen LogP contribution >= 0.6 is 0 Å². The number of hydrogen-bond donors (Lipinski definition) is 1. The van der Waals surface area contributed by atoms with Gasteiger partial charge in [-0.1, -0.05) is 25.1 Å². The summed E-state index contributed by atoms with van der Waals surface area (Å²) < 4.78 is 24.4. The summed E-state index contributed by atoms with van der Waals surface area (Å²) in [5.74, 6) is 0. The van der Waals surface area contributed by atoms with E-state index in [4.69, 9.17) is 0 Å². The zero-order valence-corrected chi connectivity index (χ0v) is 11.5. The molecule has 2 atom stereocenters. The fraction of sp³-hybridized carbons (Fsp3) is 0.538. The number of hydrogen-bond acceptors (Lipinski definition) is 3. The molecule has 0 heterocycles. The van der Waals surface area contributed by atoms with E-state index in [0.717, 1.165) is 6.42 Å². The van der Waals surface area contributed by atoms with Crippen LogP contribution in [0.15, 0.2) is 35.2 Å². The zero-order chi connectivity index (χ0) is 12.9. The van der Waals surface area contributed by atoms with Crippen molar-refractivity contribution in [1.82, 2.24) is 5.32 Å². The van der Waals surface area contributed by atoms with Gasteiger partial charge in [0.2, 0.25) is 0 Å². The van der Waals surface area contributed by atoms with E-state index in [2.05, 4.69) is 19.2 Å². The van der Waals surface area contributed by atoms with Gasteiger partial charge in [0.15, 0.2) is 9.84 Å². The fourth-order valence-electron chi connectivity index (χ4n) is 1.46. The van der Waals surface area contributed by atoms with Gasteiger partial charge in [-0.25, -0.2) is 8.42 Å². The Labute approximate surface area is 104 Å². The number of rotatable bonds is 6. The summed E-state index contributed by atoms with van der Waals surface area (Å²) in [6, 6.07) is 8.97. The number of benzene rings is 1. The minimum Gasteiger partial charge on any atom is -0.313 e. The van der Waals surface area contributed by atoms with Crippen molar-refractivity contribution in [2.75, 3.05) is 6.54 Å². The lowest BCUT2D eigenvalue weighted by Crippen LogP contribution is -2.36. The smallest absolute Gasteiger partial charge is 0.182 e. The molecule has 0 bridgehead atoms. The summed E-state index contributed by atoms with van der Waals surface area (Å²) in [7, 11) is -3.21. The highest BCUT2D eigenvalue weighted by Gasteiger charge is 2.22. The molecule has 1 aromatic carbocycles. The molecule has 0 saturated heterocycles. The first-order chi connectivity index (χ1) is 7.98. The molecule has 1 aromatic rings. The van der Waals surface area contributed by atoms with Gasteiger partial charge >= 0.3 is 0 Å². The van der Waals surface area contributed by atoms with Crippen LogP contribution in [0.5, 0.6) is 0 Å². The average molecular weight is 255 g/mol. The molecule has 0 fully saturated rings. The highest BCUT2D eigenvalue weighted by molar-refractivity contribution is 7.92. The van der Waals surface area contributed by atoms with Gasteiger partial charge in [0.05, 0.1) is 10.1 Å². The van der Waals surface area contributed by atoms with Gasteiger partial charge in [0, 0.05) is 12.6 Å². The van der Waals surface area contributed by atoms with Gasteiger partial charge in [-0.15, -0.1) is 0 Å². The summed E-state index contributed by atoms with van der Waals surface area (Å²) in [6.45, 7) is 6.37. The Bertz CT molecular complexity index is 428. The molecule has 0 aromatic heterocycles. The molecule has 1 N–H and O–H groups in total. The molecule has 17 heavy (non-hydrogen) atoms. The monoisotopic (exact) mass is 255 g/mol. The largest absolute Gasteiger partial charge is 0.313 e. The van der Waals surface area contributed by atoms with Gasteiger partial charge in [-0.2, -0.15) is 0 Å². The lowest BCUT2D eigenvalue weighted by molar-refractivity contribution is 0.520. The predicted molar refractivity (Wildman–Crippen MR) is 70.8 cm³/mol. The van der Waals surface area contributed by atoms with E-state index in [1.54, 1.807) is 31.2 Å².